The van der Waals surface area contributed by atoms with Crippen molar-refractivity contribution in [3.63, 3.8) is 0 Å². The Morgan fingerprint density at radius 3 is 2.65 bits per heavy atom. The molecule has 2 aromatic carbocycles. The fourth-order valence-electron chi connectivity index (χ4n) is 3.86. The van der Waals surface area contributed by atoms with E-state index < -0.39 is 27.3 Å². The summed E-state index contributed by atoms with van der Waals surface area (Å²) in [6.07, 6.45) is 2.74. The highest BCUT2D eigenvalue weighted by Crippen LogP contribution is 2.37. The lowest BCUT2D eigenvalue weighted by molar-refractivity contribution is -0.116. The van der Waals surface area contributed by atoms with Crippen LogP contribution in [0.15, 0.2) is 83.9 Å². The number of sulfone groups is 1. The van der Waals surface area contributed by atoms with Gasteiger partial charge in [-0.1, -0.05) is 48.5 Å². The van der Waals surface area contributed by atoms with Gasteiger partial charge in [0.2, 0.25) is 5.91 Å². The number of hydrogen-bond donors (Lipinski definition) is 1. The van der Waals surface area contributed by atoms with Crippen LogP contribution in [0.3, 0.4) is 0 Å². The molecule has 1 saturated heterocycles. The molecule has 0 aliphatic carbocycles. The monoisotopic (exact) mass is 438 g/mol. The van der Waals surface area contributed by atoms with E-state index in [0.29, 0.717) is 12.1 Å². The van der Waals surface area contributed by atoms with E-state index in [4.69, 9.17) is 4.74 Å². The zero-order chi connectivity index (χ0) is 22.0. The molecule has 2 aliphatic heterocycles. The number of rotatable bonds is 6. The van der Waals surface area contributed by atoms with Crippen LogP contribution in [0.1, 0.15) is 17.5 Å². The molecule has 31 heavy (non-hydrogen) atoms. The van der Waals surface area contributed by atoms with Crippen LogP contribution in [0.25, 0.3) is 0 Å². The van der Waals surface area contributed by atoms with Crippen LogP contribution in [-0.2, 0) is 32.4 Å². The molecule has 0 bridgehead atoms. The molecule has 1 fully saturated rings. The predicted molar refractivity (Wildman–Crippen MR) is 114 cm³/mol. The summed E-state index contributed by atoms with van der Waals surface area (Å²) in [5.41, 5.74) is 1.90. The first-order valence-corrected chi connectivity index (χ1v) is 11.4. The first kappa shape index (κ1) is 20.9. The fourth-order valence-corrected chi connectivity index (χ4v) is 5.69. The van der Waals surface area contributed by atoms with Crippen molar-refractivity contribution in [3.8, 4) is 0 Å². The summed E-state index contributed by atoms with van der Waals surface area (Å²) < 4.78 is 32.4. The van der Waals surface area contributed by atoms with Gasteiger partial charge in [-0.3, -0.25) is 9.69 Å². The van der Waals surface area contributed by atoms with Crippen LogP contribution < -0.4 is 5.32 Å². The van der Waals surface area contributed by atoms with E-state index in [9.17, 15) is 18.0 Å². The topological polar surface area (TPSA) is 92.8 Å². The van der Waals surface area contributed by atoms with Crippen molar-refractivity contribution in [1.82, 2.24) is 10.2 Å². The van der Waals surface area contributed by atoms with Gasteiger partial charge in [0.25, 0.3) is 0 Å². The summed E-state index contributed by atoms with van der Waals surface area (Å²) in [4.78, 5) is 26.0. The van der Waals surface area contributed by atoms with Crippen LogP contribution in [0.2, 0.25) is 0 Å². The second-order valence-electron chi connectivity index (χ2n) is 7.42. The van der Waals surface area contributed by atoms with Gasteiger partial charge >= 0.3 is 6.09 Å². The SMILES string of the molecule is C=CCc1cccc(S(=O)(=O)C2C[C@@H]3NC(=O)C=C3N2C(=O)OCc2ccccc2)c1. The molecular formula is C23H22N2O5S. The molecule has 0 radical (unpaired) electrons. The van der Waals surface area contributed by atoms with Crippen molar-refractivity contribution in [2.75, 3.05) is 0 Å². The van der Waals surface area contributed by atoms with Gasteiger partial charge in [-0.2, -0.15) is 0 Å². The molecule has 4 rings (SSSR count). The molecule has 7 nitrogen and oxygen atoms in total. The van der Waals surface area contributed by atoms with Gasteiger partial charge in [-0.25, -0.2) is 13.2 Å². The first-order valence-electron chi connectivity index (χ1n) is 9.86. The molecule has 0 spiro atoms. The highest BCUT2D eigenvalue weighted by Gasteiger charge is 2.50. The third kappa shape index (κ3) is 4.11. The van der Waals surface area contributed by atoms with Gasteiger partial charge < -0.3 is 10.1 Å². The minimum absolute atomic E-state index is 0.00289. The maximum atomic E-state index is 13.5. The number of nitrogens with zero attached hydrogens (tertiary/aromatic N) is 1. The van der Waals surface area contributed by atoms with Crippen molar-refractivity contribution in [3.05, 3.63) is 90.2 Å². The zero-order valence-corrected chi connectivity index (χ0v) is 17.5. The van der Waals surface area contributed by atoms with Crippen molar-refractivity contribution < 1.29 is 22.7 Å². The van der Waals surface area contributed by atoms with Gasteiger partial charge in [0.15, 0.2) is 9.84 Å². The Morgan fingerprint density at radius 2 is 1.90 bits per heavy atom. The summed E-state index contributed by atoms with van der Waals surface area (Å²) in [6.45, 7) is 3.68. The normalized spacial score (nSPS) is 20.1. The Labute approximate surface area is 180 Å². The van der Waals surface area contributed by atoms with Gasteiger partial charge in [-0.05, 0) is 29.7 Å². The second-order valence-corrected chi connectivity index (χ2v) is 9.52. The molecule has 8 heteroatoms. The molecule has 1 N–H and O–H groups in total. The average molecular weight is 439 g/mol. The lowest BCUT2D eigenvalue weighted by Crippen LogP contribution is -2.40. The van der Waals surface area contributed by atoms with Gasteiger partial charge in [0.05, 0.1) is 16.6 Å². The Bertz CT molecular complexity index is 1160. The largest absolute Gasteiger partial charge is 0.444 e. The maximum Gasteiger partial charge on any atom is 0.415 e. The third-order valence-electron chi connectivity index (χ3n) is 5.32. The summed E-state index contributed by atoms with van der Waals surface area (Å²) in [5.74, 6) is -0.357. The predicted octanol–water partition coefficient (Wildman–Crippen LogP) is 2.94. The van der Waals surface area contributed by atoms with Crippen molar-refractivity contribution in [2.45, 2.75) is 35.8 Å². The van der Waals surface area contributed by atoms with Crippen molar-refractivity contribution in [2.24, 2.45) is 0 Å². The number of allylic oxidation sites excluding steroid dienone is 1. The number of fused-ring (bicyclic) bond motifs is 1. The van der Waals surface area contributed by atoms with E-state index in [2.05, 4.69) is 11.9 Å². The number of amides is 2. The molecule has 2 aromatic rings. The smallest absolute Gasteiger partial charge is 0.415 e. The standard InChI is InChI=1S/C23H22N2O5S/c1-2-7-16-10-6-11-18(12-16)31(28,29)22-13-19-20(14-21(26)24-19)25(22)23(27)30-15-17-8-4-3-5-9-17/h2-6,8-12,14,19,22H,1,7,13,15H2,(H,24,26)/t19-,22?/m0/s1. The minimum atomic E-state index is -3.92. The molecule has 2 atom stereocenters. The highest BCUT2D eigenvalue weighted by atomic mass is 32.2. The van der Waals surface area contributed by atoms with Crippen LogP contribution >= 0.6 is 0 Å². The first-order chi connectivity index (χ1) is 14.9. The summed E-state index contributed by atoms with van der Waals surface area (Å²) in [7, 11) is -3.92. The van der Waals surface area contributed by atoms with E-state index in [1.165, 1.54) is 12.1 Å². The number of likely N-dealkylation sites (tertiary alicyclic amines) is 1. The molecule has 0 saturated carbocycles. The van der Waals surface area contributed by atoms with E-state index in [-0.39, 0.29) is 23.8 Å². The Balaban J connectivity index is 1.64. The van der Waals surface area contributed by atoms with Crippen molar-refractivity contribution >= 4 is 21.8 Å². The average Bonchev–Trinajstić information content (AvgIpc) is 3.29. The van der Waals surface area contributed by atoms with E-state index in [1.54, 1.807) is 30.3 Å². The van der Waals surface area contributed by atoms with Crippen LogP contribution in [0.4, 0.5) is 4.79 Å². The molecule has 160 valence electrons. The quantitative estimate of drug-likeness (QED) is 0.700. The summed E-state index contributed by atoms with van der Waals surface area (Å²) >= 11 is 0. The summed E-state index contributed by atoms with van der Waals surface area (Å²) in [5, 5.41) is 1.53. The van der Waals surface area contributed by atoms with Crippen molar-refractivity contribution in [1.29, 1.82) is 0 Å². The zero-order valence-electron chi connectivity index (χ0n) is 16.7. The van der Waals surface area contributed by atoms with E-state index >= 15 is 0 Å². The van der Waals surface area contributed by atoms with E-state index in [0.717, 1.165) is 16.0 Å². The molecule has 2 amide bonds. The molecular weight excluding hydrogens is 416 g/mol. The number of ether oxygens (including phenoxy) is 1. The second kappa shape index (κ2) is 8.39. The van der Waals surface area contributed by atoms with Gasteiger partial charge in [0.1, 0.15) is 12.0 Å². The molecule has 0 aromatic heterocycles. The third-order valence-corrected chi connectivity index (χ3v) is 7.35. The number of nitrogens with one attached hydrogen (secondary N) is 1. The molecule has 2 heterocycles. The highest BCUT2D eigenvalue weighted by molar-refractivity contribution is 7.92. The maximum absolute atomic E-state index is 13.5. The Hall–Kier alpha value is -3.39. The van der Waals surface area contributed by atoms with Gasteiger partial charge in [-0.15, -0.1) is 6.58 Å². The number of carbonyl (C=O) groups is 2. The number of hydrogen-bond acceptors (Lipinski definition) is 5. The van der Waals surface area contributed by atoms with E-state index in [1.807, 2.05) is 24.3 Å². The van der Waals surface area contributed by atoms with Crippen LogP contribution in [-0.4, -0.2) is 36.7 Å². The number of benzene rings is 2. The lowest BCUT2D eigenvalue weighted by atomic mass is 10.2. The summed E-state index contributed by atoms with van der Waals surface area (Å²) in [6, 6.07) is 15.1. The molecule has 1 unspecified atom stereocenters. The lowest BCUT2D eigenvalue weighted by Gasteiger charge is -2.24. The number of carbonyl (C=O) groups excluding carboxylic acids is 2. The minimum Gasteiger partial charge on any atom is -0.444 e. The van der Waals surface area contributed by atoms with Gasteiger partial charge in [0, 0.05) is 12.5 Å². The molecule has 2 aliphatic rings. The Morgan fingerprint density at radius 1 is 1.16 bits per heavy atom. The van der Waals surface area contributed by atoms with Crippen LogP contribution in [0, 0.1) is 0 Å². The van der Waals surface area contributed by atoms with Crippen LogP contribution in [0.5, 0.6) is 0 Å². The fraction of sp³-hybridized carbons (Fsp3) is 0.217. The Kier molecular flexibility index (Phi) is 5.65.